The molecule has 2 heterocycles. The SMILES string of the molecule is CN=C1Nc2ccc(N(C)Cc3ccncc3)c3cccc1c23. The molecule has 0 bridgehead atoms. The smallest absolute Gasteiger partial charge is 0.133 e. The summed E-state index contributed by atoms with van der Waals surface area (Å²) in [6, 6.07) is 14.8. The number of nitrogens with one attached hydrogen (secondary N) is 1. The molecule has 1 aliphatic heterocycles. The first-order valence-electron chi connectivity index (χ1n) is 7.68. The van der Waals surface area contributed by atoms with Crippen molar-refractivity contribution in [1.82, 2.24) is 4.98 Å². The summed E-state index contributed by atoms with van der Waals surface area (Å²) in [5, 5.41) is 5.91. The van der Waals surface area contributed by atoms with Gasteiger partial charge in [0.1, 0.15) is 5.84 Å². The molecule has 4 rings (SSSR count). The number of hydrogen-bond donors (Lipinski definition) is 1. The van der Waals surface area contributed by atoms with Gasteiger partial charge in [-0.25, -0.2) is 0 Å². The van der Waals surface area contributed by atoms with Crippen LogP contribution in [0.4, 0.5) is 11.4 Å². The van der Waals surface area contributed by atoms with E-state index in [1.54, 1.807) is 0 Å². The number of amidine groups is 1. The van der Waals surface area contributed by atoms with E-state index in [-0.39, 0.29) is 0 Å². The normalized spacial score (nSPS) is 14.3. The van der Waals surface area contributed by atoms with Crippen molar-refractivity contribution < 1.29 is 0 Å². The van der Waals surface area contributed by atoms with Crippen LogP contribution in [-0.4, -0.2) is 24.9 Å². The van der Waals surface area contributed by atoms with Crippen molar-refractivity contribution >= 4 is 28.0 Å². The monoisotopic (exact) mass is 302 g/mol. The summed E-state index contributed by atoms with van der Waals surface area (Å²) in [5.74, 6) is 0.944. The van der Waals surface area contributed by atoms with E-state index in [1.165, 1.54) is 27.6 Å². The van der Waals surface area contributed by atoms with Crippen molar-refractivity contribution in [3.63, 3.8) is 0 Å². The highest BCUT2D eigenvalue weighted by Crippen LogP contribution is 2.38. The highest BCUT2D eigenvalue weighted by atomic mass is 15.1. The maximum absolute atomic E-state index is 4.35. The molecule has 1 N–H and O–H groups in total. The predicted octanol–water partition coefficient (Wildman–Crippen LogP) is 3.67. The fourth-order valence-corrected chi connectivity index (χ4v) is 3.24. The van der Waals surface area contributed by atoms with Crippen LogP contribution < -0.4 is 10.2 Å². The average molecular weight is 302 g/mol. The molecule has 0 amide bonds. The number of aromatic nitrogens is 1. The van der Waals surface area contributed by atoms with Crippen molar-refractivity contribution in [2.75, 3.05) is 24.3 Å². The summed E-state index contributed by atoms with van der Waals surface area (Å²) in [5.41, 5.74) is 4.79. The molecule has 1 aliphatic rings. The van der Waals surface area contributed by atoms with Gasteiger partial charge in [0, 0.05) is 60.7 Å². The third kappa shape index (κ3) is 2.23. The molecule has 2 aromatic carbocycles. The van der Waals surface area contributed by atoms with Crippen molar-refractivity contribution in [3.05, 3.63) is 66.0 Å². The molecule has 4 nitrogen and oxygen atoms in total. The molecule has 0 saturated carbocycles. The molecule has 23 heavy (non-hydrogen) atoms. The van der Waals surface area contributed by atoms with E-state index in [1.807, 2.05) is 19.4 Å². The number of hydrogen-bond acceptors (Lipinski definition) is 3. The van der Waals surface area contributed by atoms with Crippen LogP contribution in [0.1, 0.15) is 11.1 Å². The molecule has 114 valence electrons. The molecular weight excluding hydrogens is 284 g/mol. The molecule has 0 atom stereocenters. The van der Waals surface area contributed by atoms with Gasteiger partial charge < -0.3 is 10.2 Å². The maximum Gasteiger partial charge on any atom is 0.133 e. The summed E-state index contributed by atoms with van der Waals surface area (Å²) < 4.78 is 0. The number of aliphatic imine (C=N–C) groups is 1. The molecule has 0 radical (unpaired) electrons. The lowest BCUT2D eigenvalue weighted by atomic mass is 10.0. The van der Waals surface area contributed by atoms with E-state index in [0.717, 1.165) is 18.1 Å². The van der Waals surface area contributed by atoms with Crippen molar-refractivity contribution in [3.8, 4) is 0 Å². The summed E-state index contributed by atoms with van der Waals surface area (Å²) in [6.45, 7) is 0.851. The van der Waals surface area contributed by atoms with Crippen molar-refractivity contribution in [2.24, 2.45) is 4.99 Å². The largest absolute Gasteiger partial charge is 0.370 e. The van der Waals surface area contributed by atoms with Crippen LogP contribution in [0.25, 0.3) is 10.8 Å². The first kappa shape index (κ1) is 13.8. The van der Waals surface area contributed by atoms with Crippen LogP contribution in [0, 0.1) is 0 Å². The second kappa shape index (κ2) is 5.39. The Bertz CT molecular complexity index is 900. The Morgan fingerprint density at radius 3 is 2.70 bits per heavy atom. The van der Waals surface area contributed by atoms with Gasteiger partial charge in [-0.1, -0.05) is 18.2 Å². The zero-order valence-electron chi connectivity index (χ0n) is 13.2. The van der Waals surface area contributed by atoms with Gasteiger partial charge in [0.25, 0.3) is 0 Å². The first-order valence-corrected chi connectivity index (χ1v) is 7.68. The Labute approximate surface area is 135 Å². The van der Waals surface area contributed by atoms with Crippen molar-refractivity contribution in [1.29, 1.82) is 0 Å². The van der Waals surface area contributed by atoms with E-state index in [0.29, 0.717) is 0 Å². The van der Waals surface area contributed by atoms with Gasteiger partial charge in [-0.05, 0) is 29.8 Å². The highest BCUT2D eigenvalue weighted by molar-refractivity contribution is 6.27. The van der Waals surface area contributed by atoms with Gasteiger partial charge in [0.05, 0.1) is 0 Å². The minimum Gasteiger partial charge on any atom is -0.370 e. The van der Waals surface area contributed by atoms with E-state index in [2.05, 4.69) is 69.7 Å². The molecule has 4 heteroatoms. The minimum atomic E-state index is 0.851. The Hall–Kier alpha value is -2.88. The van der Waals surface area contributed by atoms with E-state index in [4.69, 9.17) is 0 Å². The summed E-state index contributed by atoms with van der Waals surface area (Å²) in [6.07, 6.45) is 3.68. The molecule has 0 aliphatic carbocycles. The van der Waals surface area contributed by atoms with Gasteiger partial charge in [-0.15, -0.1) is 0 Å². The number of benzene rings is 2. The Balaban J connectivity index is 1.80. The lowest BCUT2D eigenvalue weighted by Crippen LogP contribution is -2.16. The Kier molecular flexibility index (Phi) is 3.23. The van der Waals surface area contributed by atoms with Crippen LogP contribution in [0.5, 0.6) is 0 Å². The van der Waals surface area contributed by atoms with Crippen LogP contribution in [-0.2, 0) is 6.54 Å². The average Bonchev–Trinajstić information content (AvgIpc) is 2.96. The molecule has 3 aromatic rings. The van der Waals surface area contributed by atoms with Crippen LogP contribution in [0.3, 0.4) is 0 Å². The van der Waals surface area contributed by atoms with Gasteiger partial charge in [0.15, 0.2) is 0 Å². The fraction of sp³-hybridized carbons (Fsp3) is 0.158. The Morgan fingerprint density at radius 2 is 1.91 bits per heavy atom. The summed E-state index contributed by atoms with van der Waals surface area (Å²) in [4.78, 5) is 10.7. The summed E-state index contributed by atoms with van der Waals surface area (Å²) in [7, 11) is 3.95. The quantitative estimate of drug-likeness (QED) is 0.802. The highest BCUT2D eigenvalue weighted by Gasteiger charge is 2.21. The molecule has 0 saturated heterocycles. The predicted molar refractivity (Wildman–Crippen MR) is 96.4 cm³/mol. The second-order valence-electron chi connectivity index (χ2n) is 5.77. The molecule has 0 spiro atoms. The van der Waals surface area contributed by atoms with E-state index in [9.17, 15) is 0 Å². The van der Waals surface area contributed by atoms with Crippen LogP contribution in [0.2, 0.25) is 0 Å². The maximum atomic E-state index is 4.35. The number of nitrogens with zero attached hydrogens (tertiary/aromatic N) is 3. The lowest BCUT2D eigenvalue weighted by Gasteiger charge is -2.21. The van der Waals surface area contributed by atoms with E-state index < -0.39 is 0 Å². The second-order valence-corrected chi connectivity index (χ2v) is 5.77. The topological polar surface area (TPSA) is 40.5 Å². The zero-order valence-corrected chi connectivity index (χ0v) is 13.2. The third-order valence-corrected chi connectivity index (χ3v) is 4.33. The Morgan fingerprint density at radius 1 is 1.09 bits per heavy atom. The van der Waals surface area contributed by atoms with Crippen LogP contribution >= 0.6 is 0 Å². The summed E-state index contributed by atoms with van der Waals surface area (Å²) >= 11 is 0. The zero-order chi connectivity index (χ0) is 15.8. The van der Waals surface area contributed by atoms with Gasteiger partial charge >= 0.3 is 0 Å². The number of rotatable bonds is 3. The van der Waals surface area contributed by atoms with Crippen LogP contribution in [0.15, 0.2) is 59.9 Å². The van der Waals surface area contributed by atoms with Gasteiger partial charge in [-0.2, -0.15) is 0 Å². The number of pyridine rings is 1. The standard InChI is InChI=1S/C19H18N4/c1-20-19-15-5-3-4-14-17(7-6-16(22-19)18(14)15)23(2)12-13-8-10-21-11-9-13/h3-11H,12H2,1-2H3,(H,20,22). The number of anilines is 2. The molecular formula is C19H18N4. The van der Waals surface area contributed by atoms with Gasteiger partial charge in [0.2, 0.25) is 0 Å². The molecule has 0 unspecified atom stereocenters. The van der Waals surface area contributed by atoms with Gasteiger partial charge in [-0.3, -0.25) is 9.98 Å². The minimum absolute atomic E-state index is 0.851. The molecule has 0 fully saturated rings. The fourth-order valence-electron chi connectivity index (χ4n) is 3.24. The lowest BCUT2D eigenvalue weighted by molar-refractivity contribution is 0.924. The first-order chi connectivity index (χ1) is 11.3. The van der Waals surface area contributed by atoms with Crippen molar-refractivity contribution in [2.45, 2.75) is 6.54 Å². The van der Waals surface area contributed by atoms with E-state index >= 15 is 0 Å². The molecule has 1 aromatic heterocycles. The third-order valence-electron chi connectivity index (χ3n) is 4.33.